The smallest absolute Gasteiger partial charge is 0.314 e. The lowest BCUT2D eigenvalue weighted by molar-refractivity contribution is -0.384. The zero-order chi connectivity index (χ0) is 14.0. The zero-order valence-corrected chi connectivity index (χ0v) is 10.6. The normalized spacial score (nSPS) is 16.4. The number of pyridine rings is 1. The van der Waals surface area contributed by atoms with E-state index in [1.165, 1.54) is 0 Å². The summed E-state index contributed by atoms with van der Waals surface area (Å²) in [6.07, 6.45) is 2.52. The molecule has 0 atom stereocenters. The molecule has 102 valence electrons. The molecule has 2 rings (SSSR count). The number of carbonyl (C=O) groups is 1. The van der Waals surface area contributed by atoms with Crippen LogP contribution in [0.2, 0.25) is 0 Å². The van der Waals surface area contributed by atoms with Gasteiger partial charge < -0.3 is 10.0 Å². The van der Waals surface area contributed by atoms with Crippen LogP contribution in [-0.2, 0) is 4.79 Å². The SMILES string of the molecule is Cc1ccnc(N2CCC(C(=O)O)CC2)c1[N+](=O)[O-]. The monoisotopic (exact) mass is 265 g/mol. The van der Waals surface area contributed by atoms with Crippen LogP contribution in [0.15, 0.2) is 12.3 Å². The van der Waals surface area contributed by atoms with Crippen molar-refractivity contribution in [1.82, 2.24) is 4.98 Å². The Morgan fingerprint density at radius 1 is 1.53 bits per heavy atom. The molecule has 1 aromatic rings. The topological polar surface area (TPSA) is 96.6 Å². The summed E-state index contributed by atoms with van der Waals surface area (Å²) in [5, 5.41) is 20.0. The number of piperidine rings is 1. The molecule has 0 amide bonds. The average Bonchev–Trinajstić information content (AvgIpc) is 2.38. The van der Waals surface area contributed by atoms with E-state index in [1.54, 1.807) is 24.1 Å². The third-order valence-corrected chi connectivity index (χ3v) is 3.43. The van der Waals surface area contributed by atoms with E-state index in [0.29, 0.717) is 37.3 Å². The Balaban J connectivity index is 2.22. The first-order chi connectivity index (χ1) is 9.00. The van der Waals surface area contributed by atoms with Crippen LogP contribution in [0.4, 0.5) is 11.5 Å². The maximum Gasteiger partial charge on any atom is 0.314 e. The maximum absolute atomic E-state index is 11.1. The lowest BCUT2D eigenvalue weighted by Crippen LogP contribution is -2.37. The third kappa shape index (κ3) is 2.64. The molecule has 1 aromatic heterocycles. The van der Waals surface area contributed by atoms with Crippen molar-refractivity contribution in [1.29, 1.82) is 0 Å². The fourth-order valence-electron chi connectivity index (χ4n) is 2.33. The molecule has 1 fully saturated rings. The van der Waals surface area contributed by atoms with Gasteiger partial charge in [-0.1, -0.05) is 0 Å². The Labute approximate surface area is 110 Å². The van der Waals surface area contributed by atoms with E-state index in [0.717, 1.165) is 0 Å². The molecule has 1 aliphatic heterocycles. The Kier molecular flexibility index (Phi) is 3.64. The molecule has 1 saturated heterocycles. The first-order valence-corrected chi connectivity index (χ1v) is 6.08. The van der Waals surface area contributed by atoms with Crippen LogP contribution in [0, 0.1) is 23.0 Å². The standard InChI is InChI=1S/C12H15N3O4/c1-8-2-5-13-11(10(8)15(18)19)14-6-3-9(4-7-14)12(16)17/h2,5,9H,3-4,6-7H2,1H3,(H,16,17). The molecule has 0 spiro atoms. The summed E-state index contributed by atoms with van der Waals surface area (Å²) < 4.78 is 0. The highest BCUT2D eigenvalue weighted by molar-refractivity contribution is 5.71. The molecule has 19 heavy (non-hydrogen) atoms. The van der Waals surface area contributed by atoms with Crippen molar-refractivity contribution in [2.75, 3.05) is 18.0 Å². The van der Waals surface area contributed by atoms with Gasteiger partial charge in [-0.05, 0) is 25.8 Å². The molecule has 2 heterocycles. The minimum Gasteiger partial charge on any atom is -0.481 e. The number of aromatic nitrogens is 1. The van der Waals surface area contributed by atoms with E-state index < -0.39 is 10.9 Å². The Morgan fingerprint density at radius 3 is 2.68 bits per heavy atom. The second-order valence-electron chi connectivity index (χ2n) is 4.66. The van der Waals surface area contributed by atoms with E-state index in [-0.39, 0.29) is 11.6 Å². The second-order valence-corrected chi connectivity index (χ2v) is 4.66. The van der Waals surface area contributed by atoms with Crippen molar-refractivity contribution in [3.8, 4) is 0 Å². The zero-order valence-electron chi connectivity index (χ0n) is 10.6. The lowest BCUT2D eigenvalue weighted by atomic mass is 9.97. The van der Waals surface area contributed by atoms with Crippen LogP contribution < -0.4 is 4.90 Å². The van der Waals surface area contributed by atoms with Crippen LogP contribution in [0.1, 0.15) is 18.4 Å². The van der Waals surface area contributed by atoms with Crippen molar-refractivity contribution < 1.29 is 14.8 Å². The number of hydrogen-bond acceptors (Lipinski definition) is 5. The Hall–Kier alpha value is -2.18. The summed E-state index contributed by atoms with van der Waals surface area (Å²) >= 11 is 0. The van der Waals surface area contributed by atoms with Crippen molar-refractivity contribution >= 4 is 17.5 Å². The number of nitrogens with zero attached hydrogens (tertiary/aromatic N) is 3. The summed E-state index contributed by atoms with van der Waals surface area (Å²) in [6, 6.07) is 1.60. The molecule has 0 aliphatic carbocycles. The third-order valence-electron chi connectivity index (χ3n) is 3.43. The van der Waals surface area contributed by atoms with Gasteiger partial charge in [0, 0.05) is 24.8 Å². The van der Waals surface area contributed by atoms with Crippen molar-refractivity contribution in [2.45, 2.75) is 19.8 Å². The van der Waals surface area contributed by atoms with Gasteiger partial charge in [-0.3, -0.25) is 14.9 Å². The molecule has 0 saturated carbocycles. The predicted molar refractivity (Wildman–Crippen MR) is 68.2 cm³/mol. The van der Waals surface area contributed by atoms with Gasteiger partial charge in [-0.25, -0.2) is 4.98 Å². The van der Waals surface area contributed by atoms with E-state index >= 15 is 0 Å². The van der Waals surface area contributed by atoms with Crippen LogP contribution in [-0.4, -0.2) is 34.1 Å². The van der Waals surface area contributed by atoms with Crippen molar-refractivity contribution in [2.24, 2.45) is 5.92 Å². The summed E-state index contributed by atoms with van der Waals surface area (Å²) in [4.78, 5) is 27.4. The minimum atomic E-state index is -0.800. The first kappa shape index (κ1) is 13.3. The number of aliphatic carboxylic acids is 1. The number of carboxylic acids is 1. The van der Waals surface area contributed by atoms with E-state index in [4.69, 9.17) is 5.11 Å². The second kappa shape index (κ2) is 5.21. The fraction of sp³-hybridized carbons (Fsp3) is 0.500. The number of hydrogen-bond donors (Lipinski definition) is 1. The predicted octanol–water partition coefficient (Wildman–Crippen LogP) is 1.60. The van der Waals surface area contributed by atoms with Gasteiger partial charge in [0.15, 0.2) is 0 Å². The number of anilines is 1. The quantitative estimate of drug-likeness (QED) is 0.658. The van der Waals surface area contributed by atoms with Gasteiger partial charge in [0.2, 0.25) is 5.82 Å². The first-order valence-electron chi connectivity index (χ1n) is 6.08. The number of aryl methyl sites for hydroxylation is 1. The summed E-state index contributed by atoms with van der Waals surface area (Å²) in [5.41, 5.74) is 0.576. The Morgan fingerprint density at radius 2 is 2.16 bits per heavy atom. The molecule has 1 aliphatic rings. The molecule has 7 heteroatoms. The average molecular weight is 265 g/mol. The van der Waals surface area contributed by atoms with Gasteiger partial charge in [-0.2, -0.15) is 0 Å². The van der Waals surface area contributed by atoms with E-state index in [1.807, 2.05) is 0 Å². The molecule has 7 nitrogen and oxygen atoms in total. The van der Waals surface area contributed by atoms with Gasteiger partial charge in [0.05, 0.1) is 10.8 Å². The van der Waals surface area contributed by atoms with Gasteiger partial charge >= 0.3 is 11.7 Å². The molecule has 1 N–H and O–H groups in total. The van der Waals surface area contributed by atoms with Crippen LogP contribution >= 0.6 is 0 Å². The molecule has 0 bridgehead atoms. The molecule has 0 aromatic carbocycles. The molecular weight excluding hydrogens is 250 g/mol. The number of carboxylic acid groups (broad SMARTS) is 1. The Bertz CT molecular complexity index is 510. The lowest BCUT2D eigenvalue weighted by Gasteiger charge is -2.30. The summed E-state index contributed by atoms with van der Waals surface area (Å²) in [6.45, 7) is 2.63. The van der Waals surface area contributed by atoms with Crippen molar-refractivity contribution in [3.63, 3.8) is 0 Å². The number of nitro groups is 1. The van der Waals surface area contributed by atoms with Gasteiger partial charge in [0.25, 0.3) is 0 Å². The molecular formula is C12H15N3O4. The van der Waals surface area contributed by atoms with E-state index in [9.17, 15) is 14.9 Å². The minimum absolute atomic E-state index is 0.0104. The van der Waals surface area contributed by atoms with Gasteiger partial charge in [0.1, 0.15) is 0 Å². The number of rotatable bonds is 3. The van der Waals surface area contributed by atoms with Crippen LogP contribution in [0.5, 0.6) is 0 Å². The largest absolute Gasteiger partial charge is 0.481 e. The highest BCUT2D eigenvalue weighted by atomic mass is 16.6. The van der Waals surface area contributed by atoms with Crippen LogP contribution in [0.25, 0.3) is 0 Å². The molecule has 0 unspecified atom stereocenters. The fourth-order valence-corrected chi connectivity index (χ4v) is 2.33. The maximum atomic E-state index is 11.1. The van der Waals surface area contributed by atoms with Gasteiger partial charge in [-0.15, -0.1) is 0 Å². The highest BCUT2D eigenvalue weighted by Gasteiger charge is 2.29. The summed E-state index contributed by atoms with van der Waals surface area (Å²) in [7, 11) is 0. The van der Waals surface area contributed by atoms with Crippen molar-refractivity contribution in [3.05, 3.63) is 27.9 Å². The summed E-state index contributed by atoms with van der Waals surface area (Å²) in [5.74, 6) is -0.819. The van der Waals surface area contributed by atoms with E-state index in [2.05, 4.69) is 4.98 Å². The highest BCUT2D eigenvalue weighted by Crippen LogP contribution is 2.31. The van der Waals surface area contributed by atoms with Crippen LogP contribution in [0.3, 0.4) is 0 Å². The molecule has 0 radical (unpaired) electrons.